The number of rotatable bonds is 6. The summed E-state index contributed by atoms with van der Waals surface area (Å²) in [6.45, 7) is 5.86. The highest BCUT2D eigenvalue weighted by molar-refractivity contribution is 5.92. The number of nitrogens with zero attached hydrogens (tertiary/aromatic N) is 3. The first-order valence-electron chi connectivity index (χ1n) is 10.8. The summed E-state index contributed by atoms with van der Waals surface area (Å²) in [5, 5.41) is 7.23. The maximum absolute atomic E-state index is 12.8. The molecule has 160 valence electrons. The number of aromatic nitrogens is 2. The molecule has 0 aliphatic carbocycles. The lowest BCUT2D eigenvalue weighted by Gasteiger charge is -2.31. The summed E-state index contributed by atoms with van der Waals surface area (Å²) < 4.78 is 1.25. The third-order valence-corrected chi connectivity index (χ3v) is 5.73. The van der Waals surface area contributed by atoms with Crippen molar-refractivity contribution < 1.29 is 4.79 Å². The number of likely N-dealkylation sites (tertiary alicyclic amines) is 1. The number of carbonyl (C=O) groups excluding carboxylic acids is 1. The zero-order valence-corrected chi connectivity index (χ0v) is 17.8. The van der Waals surface area contributed by atoms with Gasteiger partial charge in [-0.1, -0.05) is 49.4 Å². The second-order valence-corrected chi connectivity index (χ2v) is 8.24. The Kier molecular flexibility index (Phi) is 6.57. The normalized spacial score (nSPS) is 16.7. The predicted octanol–water partition coefficient (Wildman–Crippen LogP) is 3.39. The van der Waals surface area contributed by atoms with Gasteiger partial charge in [0, 0.05) is 25.7 Å². The van der Waals surface area contributed by atoms with E-state index in [1.165, 1.54) is 35.2 Å². The second kappa shape index (κ2) is 9.71. The van der Waals surface area contributed by atoms with Gasteiger partial charge < -0.3 is 5.32 Å². The first-order valence-corrected chi connectivity index (χ1v) is 10.8. The van der Waals surface area contributed by atoms with E-state index in [-0.39, 0.29) is 17.2 Å². The number of piperidine rings is 1. The van der Waals surface area contributed by atoms with Crippen molar-refractivity contribution in [1.29, 1.82) is 0 Å². The number of hydrogen-bond donors (Lipinski definition) is 1. The monoisotopic (exact) mass is 416 g/mol. The molecule has 1 aliphatic rings. The van der Waals surface area contributed by atoms with Gasteiger partial charge in [0.2, 0.25) is 0 Å². The zero-order chi connectivity index (χ0) is 21.6. The lowest BCUT2D eigenvalue weighted by Crippen LogP contribution is -2.34. The third kappa shape index (κ3) is 5.27. The minimum atomic E-state index is -0.300. The number of benzene rings is 2. The average Bonchev–Trinajstić information content (AvgIpc) is 2.79. The molecule has 2 aromatic carbocycles. The van der Waals surface area contributed by atoms with Crippen molar-refractivity contribution >= 4 is 5.91 Å². The van der Waals surface area contributed by atoms with E-state index in [2.05, 4.69) is 34.4 Å². The minimum absolute atomic E-state index is 0.214. The first kappa shape index (κ1) is 21.0. The van der Waals surface area contributed by atoms with Crippen LogP contribution in [-0.4, -0.2) is 33.7 Å². The molecule has 1 atom stereocenters. The summed E-state index contributed by atoms with van der Waals surface area (Å²) >= 11 is 0. The van der Waals surface area contributed by atoms with E-state index in [1.54, 1.807) is 12.1 Å². The largest absolute Gasteiger partial charge is 0.347 e. The fourth-order valence-electron chi connectivity index (χ4n) is 4.11. The molecule has 0 bridgehead atoms. The van der Waals surface area contributed by atoms with Gasteiger partial charge in [-0.25, -0.2) is 0 Å². The van der Waals surface area contributed by atoms with E-state index in [0.29, 0.717) is 12.2 Å². The van der Waals surface area contributed by atoms with Crippen molar-refractivity contribution in [2.75, 3.05) is 13.1 Å². The topological polar surface area (TPSA) is 67.2 Å². The van der Waals surface area contributed by atoms with Gasteiger partial charge >= 0.3 is 0 Å². The SMILES string of the molecule is C[C@H]1CCCN(Cc2ccccc2CNC(=O)c2ccc(=O)n(-c3ccccc3)n2)C1. The lowest BCUT2D eigenvalue weighted by atomic mass is 9.99. The van der Waals surface area contributed by atoms with Crippen molar-refractivity contribution in [3.05, 3.63) is 93.9 Å². The Morgan fingerprint density at radius 1 is 1.03 bits per heavy atom. The van der Waals surface area contributed by atoms with Gasteiger partial charge in [-0.2, -0.15) is 9.78 Å². The van der Waals surface area contributed by atoms with Gasteiger partial charge in [0.25, 0.3) is 11.5 Å². The number of para-hydroxylation sites is 1. The summed E-state index contributed by atoms with van der Waals surface area (Å²) in [5.74, 6) is 0.429. The van der Waals surface area contributed by atoms with Crippen molar-refractivity contribution in [2.24, 2.45) is 5.92 Å². The summed E-state index contributed by atoms with van der Waals surface area (Å²) in [6.07, 6.45) is 2.54. The van der Waals surface area contributed by atoms with Crippen LogP contribution in [-0.2, 0) is 13.1 Å². The van der Waals surface area contributed by atoms with Crippen LogP contribution in [0.1, 0.15) is 41.4 Å². The van der Waals surface area contributed by atoms with E-state index in [0.717, 1.165) is 31.1 Å². The van der Waals surface area contributed by atoms with Gasteiger partial charge in [-0.05, 0) is 54.6 Å². The van der Waals surface area contributed by atoms with Crippen molar-refractivity contribution in [3.63, 3.8) is 0 Å². The van der Waals surface area contributed by atoms with Gasteiger partial charge in [-0.15, -0.1) is 0 Å². The van der Waals surface area contributed by atoms with Crippen molar-refractivity contribution in [1.82, 2.24) is 20.0 Å². The van der Waals surface area contributed by atoms with Crippen LogP contribution in [0.25, 0.3) is 5.69 Å². The Hall–Kier alpha value is -3.25. The molecule has 1 aromatic heterocycles. The maximum Gasteiger partial charge on any atom is 0.272 e. The molecule has 1 amide bonds. The van der Waals surface area contributed by atoms with E-state index < -0.39 is 0 Å². The van der Waals surface area contributed by atoms with Crippen LogP contribution in [0.15, 0.2) is 71.5 Å². The highest BCUT2D eigenvalue weighted by atomic mass is 16.2. The molecule has 2 heterocycles. The van der Waals surface area contributed by atoms with Crippen LogP contribution in [0, 0.1) is 5.92 Å². The molecule has 6 heteroatoms. The molecule has 1 aliphatic heterocycles. The predicted molar refractivity (Wildman–Crippen MR) is 121 cm³/mol. The van der Waals surface area contributed by atoms with Crippen LogP contribution in [0.5, 0.6) is 0 Å². The standard InChI is InChI=1S/C25H28N4O2/c1-19-8-7-15-28(17-19)18-21-10-6-5-9-20(21)16-26-25(31)23-13-14-24(30)29(27-23)22-11-3-2-4-12-22/h2-6,9-14,19H,7-8,15-18H2,1H3,(H,26,31)/t19-/m0/s1. The Bertz CT molecular complexity index is 1090. The Morgan fingerprint density at radius 3 is 2.55 bits per heavy atom. The molecule has 0 unspecified atom stereocenters. The Morgan fingerprint density at radius 2 is 1.77 bits per heavy atom. The summed E-state index contributed by atoms with van der Waals surface area (Å²) in [4.78, 5) is 27.4. The molecular weight excluding hydrogens is 388 g/mol. The van der Waals surface area contributed by atoms with E-state index in [1.807, 2.05) is 30.3 Å². The van der Waals surface area contributed by atoms with E-state index >= 15 is 0 Å². The minimum Gasteiger partial charge on any atom is -0.347 e. The number of amides is 1. The van der Waals surface area contributed by atoms with Crippen LogP contribution in [0.4, 0.5) is 0 Å². The van der Waals surface area contributed by atoms with E-state index in [4.69, 9.17) is 0 Å². The highest BCUT2D eigenvalue weighted by Gasteiger charge is 2.18. The summed E-state index contributed by atoms with van der Waals surface area (Å²) in [6, 6.07) is 20.2. The van der Waals surface area contributed by atoms with Gasteiger partial charge in [0.05, 0.1) is 5.69 Å². The van der Waals surface area contributed by atoms with Crippen LogP contribution >= 0.6 is 0 Å². The molecule has 1 saturated heterocycles. The highest BCUT2D eigenvalue weighted by Crippen LogP contribution is 2.19. The number of hydrogen-bond acceptors (Lipinski definition) is 4. The molecule has 0 radical (unpaired) electrons. The number of carbonyl (C=O) groups is 1. The van der Waals surface area contributed by atoms with Gasteiger partial charge in [0.1, 0.15) is 5.69 Å². The van der Waals surface area contributed by atoms with E-state index in [9.17, 15) is 9.59 Å². The Balaban J connectivity index is 1.45. The molecule has 31 heavy (non-hydrogen) atoms. The van der Waals surface area contributed by atoms with Crippen LogP contribution in [0.3, 0.4) is 0 Å². The molecule has 4 rings (SSSR count). The molecule has 1 fully saturated rings. The molecule has 3 aromatic rings. The molecule has 0 spiro atoms. The zero-order valence-electron chi connectivity index (χ0n) is 17.8. The lowest BCUT2D eigenvalue weighted by molar-refractivity contribution is 0.0944. The molecule has 0 saturated carbocycles. The second-order valence-electron chi connectivity index (χ2n) is 8.24. The molecule has 1 N–H and O–H groups in total. The average molecular weight is 417 g/mol. The number of nitrogens with one attached hydrogen (secondary N) is 1. The van der Waals surface area contributed by atoms with Crippen LogP contribution < -0.4 is 10.9 Å². The quantitative estimate of drug-likeness (QED) is 0.669. The summed E-state index contributed by atoms with van der Waals surface area (Å²) in [5.41, 5.74) is 2.91. The fourth-order valence-corrected chi connectivity index (χ4v) is 4.11. The van der Waals surface area contributed by atoms with Gasteiger partial charge in [0.15, 0.2) is 0 Å². The third-order valence-electron chi connectivity index (χ3n) is 5.73. The summed E-state index contributed by atoms with van der Waals surface area (Å²) in [7, 11) is 0. The fraction of sp³-hybridized carbons (Fsp3) is 0.320. The van der Waals surface area contributed by atoms with Crippen LogP contribution in [0.2, 0.25) is 0 Å². The van der Waals surface area contributed by atoms with Crippen molar-refractivity contribution in [2.45, 2.75) is 32.9 Å². The Labute approximate surface area is 182 Å². The molecule has 6 nitrogen and oxygen atoms in total. The smallest absolute Gasteiger partial charge is 0.272 e. The first-order chi connectivity index (χ1) is 15.1. The molecular formula is C25H28N4O2. The van der Waals surface area contributed by atoms with Gasteiger partial charge in [-0.3, -0.25) is 14.5 Å². The van der Waals surface area contributed by atoms with Crippen molar-refractivity contribution in [3.8, 4) is 5.69 Å². The maximum atomic E-state index is 12.8.